The zero-order chi connectivity index (χ0) is 12.8. The second-order valence-corrected chi connectivity index (χ2v) is 4.32. The lowest BCUT2D eigenvalue weighted by Crippen LogP contribution is -1.90. The number of hydrogen-bond donors (Lipinski definition) is 0. The molecule has 0 N–H and O–H groups in total. The summed E-state index contributed by atoms with van der Waals surface area (Å²) >= 11 is 5.84. The van der Waals surface area contributed by atoms with Crippen molar-refractivity contribution in [1.82, 2.24) is 0 Å². The van der Waals surface area contributed by atoms with Crippen molar-refractivity contribution >= 4 is 23.8 Å². The first-order chi connectivity index (χ1) is 8.78. The molecule has 0 aromatic heterocycles. The molecule has 0 aliphatic heterocycles. The summed E-state index contributed by atoms with van der Waals surface area (Å²) < 4.78 is 5.40. The molecule has 18 heavy (non-hydrogen) atoms. The molecule has 0 spiro atoms. The van der Waals surface area contributed by atoms with Crippen LogP contribution in [0.5, 0.6) is 5.75 Å². The average molecular weight is 259 g/mol. The van der Waals surface area contributed by atoms with Crippen molar-refractivity contribution in [3.63, 3.8) is 0 Å². The molecule has 0 heterocycles. The van der Waals surface area contributed by atoms with Crippen LogP contribution in [0.2, 0.25) is 5.02 Å². The van der Waals surface area contributed by atoms with Crippen molar-refractivity contribution in [2.75, 3.05) is 6.61 Å². The Hall–Kier alpha value is -1.73. The standard InChI is InChI=1S/C16H15ClO/c1-2-18-16-11-7-14(8-12-16)4-3-13-5-9-15(17)10-6-13/h3-12H,2H2,1H3/b4-3+. The Bertz CT molecular complexity index is 512. The molecule has 92 valence electrons. The molecule has 0 amide bonds. The van der Waals surface area contributed by atoms with E-state index in [0.717, 1.165) is 21.9 Å². The van der Waals surface area contributed by atoms with Crippen LogP contribution >= 0.6 is 11.6 Å². The summed E-state index contributed by atoms with van der Waals surface area (Å²) in [5.41, 5.74) is 2.28. The van der Waals surface area contributed by atoms with Gasteiger partial charge >= 0.3 is 0 Å². The predicted octanol–water partition coefficient (Wildman–Crippen LogP) is 4.91. The third-order valence-corrected chi connectivity index (χ3v) is 2.78. The zero-order valence-corrected chi connectivity index (χ0v) is 11.0. The van der Waals surface area contributed by atoms with Crippen LogP contribution in [-0.4, -0.2) is 6.61 Å². The van der Waals surface area contributed by atoms with Crippen molar-refractivity contribution in [2.45, 2.75) is 6.92 Å². The normalized spacial score (nSPS) is 10.8. The van der Waals surface area contributed by atoms with E-state index in [1.54, 1.807) is 0 Å². The van der Waals surface area contributed by atoms with Gasteiger partial charge in [0.1, 0.15) is 5.75 Å². The lowest BCUT2D eigenvalue weighted by molar-refractivity contribution is 0.340. The quantitative estimate of drug-likeness (QED) is 0.708. The Labute approximate surface area is 113 Å². The molecule has 0 aliphatic carbocycles. The second-order valence-electron chi connectivity index (χ2n) is 3.89. The maximum absolute atomic E-state index is 5.84. The molecule has 2 heteroatoms. The molecule has 0 unspecified atom stereocenters. The van der Waals surface area contributed by atoms with Gasteiger partial charge in [-0.3, -0.25) is 0 Å². The van der Waals surface area contributed by atoms with E-state index < -0.39 is 0 Å². The van der Waals surface area contributed by atoms with Gasteiger partial charge in [0.05, 0.1) is 6.61 Å². The highest BCUT2D eigenvalue weighted by atomic mass is 35.5. The molecule has 2 rings (SSSR count). The van der Waals surface area contributed by atoms with E-state index in [4.69, 9.17) is 16.3 Å². The first-order valence-electron chi connectivity index (χ1n) is 5.94. The summed E-state index contributed by atoms with van der Waals surface area (Å²) in [6.45, 7) is 2.67. The van der Waals surface area contributed by atoms with Crippen LogP contribution in [0.25, 0.3) is 12.2 Å². The first kappa shape index (κ1) is 12.7. The fourth-order valence-corrected chi connectivity index (χ4v) is 1.73. The van der Waals surface area contributed by atoms with Gasteiger partial charge in [-0.2, -0.15) is 0 Å². The number of halogens is 1. The molecule has 0 radical (unpaired) electrons. The maximum atomic E-state index is 5.84. The Balaban J connectivity index is 2.06. The summed E-state index contributed by atoms with van der Waals surface area (Å²) in [4.78, 5) is 0. The number of benzene rings is 2. The van der Waals surface area contributed by atoms with E-state index >= 15 is 0 Å². The van der Waals surface area contributed by atoms with Gasteiger partial charge in [0.15, 0.2) is 0 Å². The van der Waals surface area contributed by atoms with Crippen LogP contribution in [0.3, 0.4) is 0 Å². The fourth-order valence-electron chi connectivity index (χ4n) is 1.61. The van der Waals surface area contributed by atoms with Gasteiger partial charge in [-0.05, 0) is 42.3 Å². The molecule has 2 aromatic carbocycles. The van der Waals surface area contributed by atoms with E-state index in [2.05, 4.69) is 12.2 Å². The van der Waals surface area contributed by atoms with Crippen molar-refractivity contribution in [2.24, 2.45) is 0 Å². The second kappa shape index (κ2) is 6.27. The van der Waals surface area contributed by atoms with Crippen LogP contribution in [0.4, 0.5) is 0 Å². The van der Waals surface area contributed by atoms with Gasteiger partial charge in [-0.15, -0.1) is 0 Å². The molecule has 0 aliphatic rings. The van der Waals surface area contributed by atoms with E-state index in [1.165, 1.54) is 0 Å². The van der Waals surface area contributed by atoms with E-state index in [-0.39, 0.29) is 0 Å². The maximum Gasteiger partial charge on any atom is 0.119 e. The van der Waals surface area contributed by atoms with E-state index in [1.807, 2.05) is 55.5 Å². The highest BCUT2D eigenvalue weighted by Gasteiger charge is 1.92. The highest BCUT2D eigenvalue weighted by Crippen LogP contribution is 2.15. The smallest absolute Gasteiger partial charge is 0.119 e. The number of hydrogen-bond acceptors (Lipinski definition) is 1. The van der Waals surface area contributed by atoms with Gasteiger partial charge in [0.25, 0.3) is 0 Å². The van der Waals surface area contributed by atoms with Gasteiger partial charge in [0, 0.05) is 5.02 Å². The van der Waals surface area contributed by atoms with E-state index in [0.29, 0.717) is 6.61 Å². The minimum Gasteiger partial charge on any atom is -0.494 e. The summed E-state index contributed by atoms with van der Waals surface area (Å²) in [5.74, 6) is 0.904. The van der Waals surface area contributed by atoms with Crippen molar-refractivity contribution in [1.29, 1.82) is 0 Å². The number of rotatable bonds is 4. The largest absolute Gasteiger partial charge is 0.494 e. The summed E-state index contributed by atoms with van der Waals surface area (Å²) in [6.07, 6.45) is 4.13. The van der Waals surface area contributed by atoms with Crippen molar-refractivity contribution in [3.8, 4) is 5.75 Å². The monoisotopic (exact) mass is 258 g/mol. The Morgan fingerprint density at radius 2 is 1.39 bits per heavy atom. The zero-order valence-electron chi connectivity index (χ0n) is 10.3. The summed E-state index contributed by atoms with van der Waals surface area (Å²) in [6, 6.07) is 15.8. The van der Waals surface area contributed by atoms with Crippen molar-refractivity contribution < 1.29 is 4.74 Å². The minimum atomic E-state index is 0.694. The molecule has 0 bridgehead atoms. The Kier molecular flexibility index (Phi) is 4.43. The third kappa shape index (κ3) is 3.64. The summed E-state index contributed by atoms with van der Waals surface area (Å²) in [5, 5.41) is 0.758. The molecule has 2 aromatic rings. The fraction of sp³-hybridized carbons (Fsp3) is 0.125. The molecule has 1 nitrogen and oxygen atoms in total. The predicted molar refractivity (Wildman–Crippen MR) is 78.0 cm³/mol. The SMILES string of the molecule is CCOc1ccc(/C=C/c2ccc(Cl)cc2)cc1. The van der Waals surface area contributed by atoms with E-state index in [9.17, 15) is 0 Å². The van der Waals surface area contributed by atoms with Gasteiger partial charge < -0.3 is 4.74 Å². The minimum absolute atomic E-state index is 0.694. The first-order valence-corrected chi connectivity index (χ1v) is 6.32. The number of ether oxygens (including phenoxy) is 1. The van der Waals surface area contributed by atoms with Crippen LogP contribution in [0, 0.1) is 0 Å². The van der Waals surface area contributed by atoms with Gasteiger partial charge in [-0.1, -0.05) is 48.0 Å². The third-order valence-electron chi connectivity index (χ3n) is 2.53. The molecular formula is C16H15ClO. The molecular weight excluding hydrogens is 244 g/mol. The lowest BCUT2D eigenvalue weighted by Gasteiger charge is -2.02. The van der Waals surface area contributed by atoms with Crippen LogP contribution in [0.15, 0.2) is 48.5 Å². The topological polar surface area (TPSA) is 9.23 Å². The highest BCUT2D eigenvalue weighted by molar-refractivity contribution is 6.30. The average Bonchev–Trinajstić information content (AvgIpc) is 2.40. The molecule has 0 saturated heterocycles. The molecule has 0 fully saturated rings. The molecule has 0 atom stereocenters. The van der Waals surface area contributed by atoms with Gasteiger partial charge in [0.2, 0.25) is 0 Å². The summed E-state index contributed by atoms with van der Waals surface area (Å²) in [7, 11) is 0. The van der Waals surface area contributed by atoms with Gasteiger partial charge in [-0.25, -0.2) is 0 Å². The van der Waals surface area contributed by atoms with Crippen LogP contribution in [0.1, 0.15) is 18.1 Å². The van der Waals surface area contributed by atoms with Crippen LogP contribution < -0.4 is 4.74 Å². The van der Waals surface area contributed by atoms with Crippen molar-refractivity contribution in [3.05, 3.63) is 64.7 Å². The Morgan fingerprint density at radius 1 is 0.889 bits per heavy atom. The van der Waals surface area contributed by atoms with Crippen LogP contribution in [-0.2, 0) is 0 Å². The molecule has 0 saturated carbocycles. The Morgan fingerprint density at radius 3 is 1.89 bits per heavy atom. The lowest BCUT2D eigenvalue weighted by atomic mass is 10.1.